The zero-order valence-corrected chi connectivity index (χ0v) is 11.8. The van der Waals surface area contributed by atoms with Gasteiger partial charge in [-0.1, -0.05) is 11.6 Å². The van der Waals surface area contributed by atoms with Crippen molar-refractivity contribution in [1.82, 2.24) is 0 Å². The smallest absolute Gasteiger partial charge is 0.387 e. The molecule has 0 saturated heterocycles. The molecule has 0 aliphatic heterocycles. The monoisotopic (exact) mass is 295 g/mol. The molecule has 0 heterocycles. The van der Waals surface area contributed by atoms with E-state index in [1.165, 1.54) is 12.1 Å². The molecule has 102 valence electrons. The minimum Gasteiger partial charge on any atom is -0.435 e. The molecule has 18 heavy (non-hydrogen) atoms. The zero-order chi connectivity index (χ0) is 13.8. The van der Waals surface area contributed by atoms with Crippen LogP contribution in [0.3, 0.4) is 0 Å². The predicted octanol–water partition coefficient (Wildman–Crippen LogP) is 3.91. The molecule has 0 aliphatic carbocycles. The van der Waals surface area contributed by atoms with Gasteiger partial charge in [-0.3, -0.25) is 0 Å². The summed E-state index contributed by atoms with van der Waals surface area (Å²) in [4.78, 5) is 0. The summed E-state index contributed by atoms with van der Waals surface area (Å²) in [5, 5.41) is 0.499. The van der Waals surface area contributed by atoms with E-state index in [0.29, 0.717) is 22.1 Å². The van der Waals surface area contributed by atoms with Gasteiger partial charge < -0.3 is 10.5 Å². The van der Waals surface area contributed by atoms with Crippen LogP contribution in [0, 0.1) is 0 Å². The molecule has 1 rings (SSSR count). The third-order valence-electron chi connectivity index (χ3n) is 1.97. The Kier molecular flexibility index (Phi) is 5.69. The third kappa shape index (κ3) is 5.89. The van der Waals surface area contributed by atoms with Gasteiger partial charge in [-0.15, -0.1) is 0 Å². The van der Waals surface area contributed by atoms with Gasteiger partial charge in [0.25, 0.3) is 0 Å². The highest BCUT2D eigenvalue weighted by Gasteiger charge is 2.13. The van der Waals surface area contributed by atoms with Gasteiger partial charge in [0, 0.05) is 27.6 Å². The van der Waals surface area contributed by atoms with E-state index in [0.717, 1.165) is 0 Å². The fourth-order valence-electron chi connectivity index (χ4n) is 1.30. The van der Waals surface area contributed by atoms with Crippen LogP contribution in [-0.2, 0) is 5.75 Å². The molecule has 0 spiro atoms. The molecule has 1 aromatic carbocycles. The molecule has 0 saturated carbocycles. The topological polar surface area (TPSA) is 35.2 Å². The van der Waals surface area contributed by atoms with Crippen LogP contribution in [0.5, 0.6) is 5.75 Å². The molecule has 0 amide bonds. The largest absolute Gasteiger partial charge is 0.435 e. The zero-order valence-electron chi connectivity index (χ0n) is 10.3. The summed E-state index contributed by atoms with van der Waals surface area (Å²) in [7, 11) is 0. The molecule has 0 atom stereocenters. The minimum absolute atomic E-state index is 0.164. The average molecular weight is 296 g/mol. The summed E-state index contributed by atoms with van der Waals surface area (Å²) in [5.41, 5.74) is 6.20. The molecule has 0 fully saturated rings. The Bertz CT molecular complexity index is 396. The normalized spacial score (nSPS) is 11.9. The molecule has 0 bridgehead atoms. The van der Waals surface area contributed by atoms with Crippen LogP contribution >= 0.6 is 23.4 Å². The lowest BCUT2D eigenvalue weighted by molar-refractivity contribution is -0.0503. The van der Waals surface area contributed by atoms with Gasteiger partial charge in [-0.2, -0.15) is 20.5 Å². The molecular formula is C12H16ClF2NOS. The maximum absolute atomic E-state index is 12.2. The lowest BCUT2D eigenvalue weighted by Crippen LogP contribution is -2.34. The molecule has 1 aromatic rings. The van der Waals surface area contributed by atoms with Gasteiger partial charge in [-0.05, 0) is 32.0 Å². The van der Waals surface area contributed by atoms with Gasteiger partial charge in [0.2, 0.25) is 0 Å². The number of hydrogen-bond donors (Lipinski definition) is 1. The first-order valence-electron chi connectivity index (χ1n) is 5.38. The summed E-state index contributed by atoms with van der Waals surface area (Å²) >= 11 is 7.40. The lowest BCUT2D eigenvalue weighted by atomic mass is 10.1. The SMILES string of the molecule is CC(C)(N)CSCc1cc(Cl)ccc1OC(F)F. The van der Waals surface area contributed by atoms with Crippen molar-refractivity contribution in [2.75, 3.05) is 5.75 Å². The van der Waals surface area contributed by atoms with Gasteiger partial charge in [0.05, 0.1) is 0 Å². The maximum atomic E-state index is 12.2. The standard InChI is InChI=1S/C12H16ClF2NOS/c1-12(2,16)7-18-6-8-5-9(13)3-4-10(8)17-11(14)15/h3-5,11H,6-7,16H2,1-2H3. The van der Waals surface area contributed by atoms with Gasteiger partial charge >= 0.3 is 6.61 Å². The molecular weight excluding hydrogens is 280 g/mol. The van der Waals surface area contributed by atoms with E-state index in [1.54, 1.807) is 17.8 Å². The fourth-order valence-corrected chi connectivity index (χ4v) is 2.56. The highest BCUT2D eigenvalue weighted by molar-refractivity contribution is 7.98. The van der Waals surface area contributed by atoms with Crippen molar-refractivity contribution in [2.45, 2.75) is 31.8 Å². The Morgan fingerprint density at radius 3 is 2.67 bits per heavy atom. The summed E-state index contributed by atoms with van der Waals surface area (Å²) in [5.74, 6) is 1.41. The van der Waals surface area contributed by atoms with Crippen molar-refractivity contribution in [3.8, 4) is 5.75 Å². The number of alkyl halides is 2. The van der Waals surface area contributed by atoms with Crippen LogP contribution in [0.2, 0.25) is 5.02 Å². The fraction of sp³-hybridized carbons (Fsp3) is 0.500. The summed E-state index contributed by atoms with van der Waals surface area (Å²) in [6, 6.07) is 4.62. The summed E-state index contributed by atoms with van der Waals surface area (Å²) in [6.07, 6.45) is 0. The second kappa shape index (κ2) is 6.59. The number of nitrogens with two attached hydrogens (primary N) is 1. The van der Waals surface area contributed by atoms with Crippen LogP contribution in [-0.4, -0.2) is 17.9 Å². The second-order valence-electron chi connectivity index (χ2n) is 4.61. The quantitative estimate of drug-likeness (QED) is 0.864. The molecule has 0 aliphatic rings. The average Bonchev–Trinajstić information content (AvgIpc) is 2.19. The van der Waals surface area contributed by atoms with Crippen molar-refractivity contribution >= 4 is 23.4 Å². The van der Waals surface area contributed by atoms with E-state index in [-0.39, 0.29) is 11.3 Å². The molecule has 6 heteroatoms. The molecule has 0 aromatic heterocycles. The Morgan fingerprint density at radius 2 is 2.11 bits per heavy atom. The van der Waals surface area contributed by atoms with Crippen molar-refractivity contribution in [1.29, 1.82) is 0 Å². The molecule has 0 radical (unpaired) electrons. The number of thioether (sulfide) groups is 1. The lowest BCUT2D eigenvalue weighted by Gasteiger charge is -2.18. The van der Waals surface area contributed by atoms with Gasteiger partial charge in [0.1, 0.15) is 5.75 Å². The van der Waals surface area contributed by atoms with E-state index in [1.807, 2.05) is 13.8 Å². The van der Waals surface area contributed by atoms with Crippen LogP contribution in [0.15, 0.2) is 18.2 Å². The van der Waals surface area contributed by atoms with Crippen molar-refractivity contribution in [3.63, 3.8) is 0 Å². The Labute approximate surface area is 115 Å². The van der Waals surface area contributed by atoms with E-state index in [9.17, 15) is 8.78 Å². The third-order valence-corrected chi connectivity index (χ3v) is 3.67. The first-order chi connectivity index (χ1) is 8.28. The Morgan fingerprint density at radius 1 is 1.44 bits per heavy atom. The van der Waals surface area contributed by atoms with Crippen LogP contribution in [0.1, 0.15) is 19.4 Å². The van der Waals surface area contributed by atoms with Crippen LogP contribution in [0.25, 0.3) is 0 Å². The van der Waals surface area contributed by atoms with Crippen molar-refractivity contribution in [3.05, 3.63) is 28.8 Å². The molecule has 0 unspecified atom stereocenters. The summed E-state index contributed by atoms with van der Waals surface area (Å²) < 4.78 is 28.9. The number of halogens is 3. The first-order valence-corrected chi connectivity index (χ1v) is 6.91. The Balaban J connectivity index is 2.70. The number of benzene rings is 1. The van der Waals surface area contributed by atoms with E-state index in [4.69, 9.17) is 17.3 Å². The predicted molar refractivity (Wildman–Crippen MR) is 72.5 cm³/mol. The van der Waals surface area contributed by atoms with Crippen molar-refractivity contribution in [2.24, 2.45) is 5.73 Å². The van der Waals surface area contributed by atoms with E-state index < -0.39 is 6.61 Å². The molecule has 2 nitrogen and oxygen atoms in total. The van der Waals surface area contributed by atoms with Crippen LogP contribution < -0.4 is 10.5 Å². The van der Waals surface area contributed by atoms with Gasteiger partial charge in [0.15, 0.2) is 0 Å². The highest BCUT2D eigenvalue weighted by Crippen LogP contribution is 2.28. The number of rotatable bonds is 6. The number of ether oxygens (including phenoxy) is 1. The van der Waals surface area contributed by atoms with Gasteiger partial charge in [-0.25, -0.2) is 0 Å². The second-order valence-corrected chi connectivity index (χ2v) is 6.03. The maximum Gasteiger partial charge on any atom is 0.387 e. The van der Waals surface area contributed by atoms with Crippen LogP contribution in [0.4, 0.5) is 8.78 Å². The first kappa shape index (κ1) is 15.5. The highest BCUT2D eigenvalue weighted by atomic mass is 35.5. The number of hydrogen-bond acceptors (Lipinski definition) is 3. The molecule has 2 N–H and O–H groups in total. The van der Waals surface area contributed by atoms with Crippen molar-refractivity contribution < 1.29 is 13.5 Å². The minimum atomic E-state index is -2.83. The summed E-state index contributed by atoms with van der Waals surface area (Å²) in [6.45, 7) is 0.990. The Hall–Kier alpha value is -0.520. The van der Waals surface area contributed by atoms with E-state index >= 15 is 0 Å². The van der Waals surface area contributed by atoms with E-state index in [2.05, 4.69) is 4.74 Å².